The molecule has 4 rings (SSSR count). The van der Waals surface area contributed by atoms with E-state index >= 15 is 0 Å². The highest BCUT2D eigenvalue weighted by Gasteiger charge is 2.35. The summed E-state index contributed by atoms with van der Waals surface area (Å²) in [5, 5.41) is 0.845. The van der Waals surface area contributed by atoms with Crippen molar-refractivity contribution in [1.82, 2.24) is 14.5 Å². The number of aliphatic imine (C=N–C) groups is 1. The molecule has 0 atom stereocenters. The number of pyridine rings is 1. The maximum atomic E-state index is 13.6. The van der Waals surface area contributed by atoms with Gasteiger partial charge in [0.2, 0.25) is 0 Å². The molecule has 0 unspecified atom stereocenters. The molecule has 1 aromatic carbocycles. The summed E-state index contributed by atoms with van der Waals surface area (Å²) in [6, 6.07) is 5.84. The fourth-order valence-corrected chi connectivity index (χ4v) is 3.45. The van der Waals surface area contributed by atoms with Crippen molar-refractivity contribution < 1.29 is 17.9 Å². The van der Waals surface area contributed by atoms with Gasteiger partial charge in [-0.2, -0.15) is 13.2 Å². The van der Waals surface area contributed by atoms with Crippen molar-refractivity contribution in [3.63, 3.8) is 0 Å². The summed E-state index contributed by atoms with van der Waals surface area (Å²) < 4.78 is 47.8. The van der Waals surface area contributed by atoms with Crippen LogP contribution in [0.5, 0.6) is 5.75 Å². The zero-order chi connectivity index (χ0) is 20.6. The Morgan fingerprint density at radius 1 is 1.24 bits per heavy atom. The second-order valence-electron chi connectivity index (χ2n) is 6.61. The third-order valence-electron chi connectivity index (χ3n) is 4.61. The number of imidazole rings is 1. The number of benzene rings is 1. The number of nitrogens with zero attached hydrogens (tertiary/aromatic N) is 4. The lowest BCUT2D eigenvalue weighted by Crippen LogP contribution is -2.09. The minimum atomic E-state index is -4.52. The second-order valence-corrected chi connectivity index (χ2v) is 7.40. The molecule has 1 aliphatic rings. The lowest BCUT2D eigenvalue weighted by molar-refractivity contribution is -0.138. The van der Waals surface area contributed by atoms with E-state index in [2.05, 4.69) is 30.9 Å². The molecule has 3 heterocycles. The molecule has 0 aliphatic carbocycles. The molecule has 9 heteroatoms. The van der Waals surface area contributed by atoms with Crippen LogP contribution in [-0.4, -0.2) is 38.7 Å². The summed E-state index contributed by atoms with van der Waals surface area (Å²) in [7, 11) is 0. The molecule has 0 spiro atoms. The highest BCUT2D eigenvalue weighted by molar-refractivity contribution is 9.09. The molecule has 1 aliphatic heterocycles. The summed E-state index contributed by atoms with van der Waals surface area (Å²) in [5.74, 6) is -0.181. The Bertz CT molecular complexity index is 1090. The summed E-state index contributed by atoms with van der Waals surface area (Å²) in [4.78, 5) is 13.3. The number of rotatable bonds is 7. The van der Waals surface area contributed by atoms with Crippen molar-refractivity contribution in [3.8, 4) is 17.0 Å². The zero-order valence-electron chi connectivity index (χ0n) is 15.6. The molecular formula is C20H18BrF3N4O. The van der Waals surface area contributed by atoms with E-state index in [9.17, 15) is 13.2 Å². The van der Waals surface area contributed by atoms with Crippen LogP contribution in [0.4, 0.5) is 13.2 Å². The minimum Gasteiger partial charge on any atom is -0.493 e. The van der Waals surface area contributed by atoms with Gasteiger partial charge in [-0.1, -0.05) is 15.9 Å². The van der Waals surface area contributed by atoms with Gasteiger partial charge in [0.25, 0.3) is 0 Å². The number of alkyl halides is 4. The van der Waals surface area contributed by atoms with Gasteiger partial charge >= 0.3 is 6.18 Å². The quantitative estimate of drug-likeness (QED) is 0.455. The summed E-state index contributed by atoms with van der Waals surface area (Å²) >= 11 is 3.42. The van der Waals surface area contributed by atoms with E-state index in [1.165, 1.54) is 6.07 Å². The summed E-state index contributed by atoms with van der Waals surface area (Å²) in [6.07, 6.45) is -1.88. The average molecular weight is 467 g/mol. The van der Waals surface area contributed by atoms with Crippen molar-refractivity contribution >= 4 is 32.7 Å². The van der Waals surface area contributed by atoms with Gasteiger partial charge in [0, 0.05) is 17.4 Å². The van der Waals surface area contributed by atoms with E-state index in [0.717, 1.165) is 41.1 Å². The molecule has 29 heavy (non-hydrogen) atoms. The Morgan fingerprint density at radius 3 is 2.69 bits per heavy atom. The van der Waals surface area contributed by atoms with E-state index in [4.69, 9.17) is 4.74 Å². The zero-order valence-corrected chi connectivity index (χ0v) is 17.2. The number of aryl methyl sites for hydroxylation is 1. The molecule has 0 bridgehead atoms. The highest BCUT2D eigenvalue weighted by atomic mass is 79.9. The van der Waals surface area contributed by atoms with Crippen LogP contribution in [-0.2, 0) is 12.7 Å². The predicted octanol–water partition coefficient (Wildman–Crippen LogP) is 5.10. The fourth-order valence-electron chi connectivity index (χ4n) is 3.20. The fraction of sp³-hybridized carbons (Fsp3) is 0.350. The maximum Gasteiger partial charge on any atom is 0.419 e. The summed E-state index contributed by atoms with van der Waals surface area (Å²) in [6.45, 7) is 3.13. The molecule has 2 aromatic heterocycles. The SMILES string of the molecule is CCOc1ccc(-c2cc3c(ncn3CCCBr)c(C3=NC3)n2)cc1C(F)(F)F. The first-order valence-corrected chi connectivity index (χ1v) is 10.3. The smallest absolute Gasteiger partial charge is 0.419 e. The number of hydrogen-bond acceptors (Lipinski definition) is 4. The van der Waals surface area contributed by atoms with Gasteiger partial charge in [0.05, 0.1) is 42.0 Å². The first-order valence-electron chi connectivity index (χ1n) is 9.22. The highest BCUT2D eigenvalue weighted by Crippen LogP contribution is 2.39. The first-order chi connectivity index (χ1) is 13.9. The first kappa shape index (κ1) is 19.9. The lowest BCUT2D eigenvalue weighted by Gasteiger charge is -2.15. The molecule has 3 aromatic rings. The van der Waals surface area contributed by atoms with Crippen molar-refractivity contribution in [1.29, 1.82) is 0 Å². The van der Waals surface area contributed by atoms with Crippen molar-refractivity contribution in [2.75, 3.05) is 18.5 Å². The van der Waals surface area contributed by atoms with E-state index in [0.29, 0.717) is 23.5 Å². The van der Waals surface area contributed by atoms with Gasteiger partial charge in [0.15, 0.2) is 0 Å². The number of halogens is 4. The molecule has 5 nitrogen and oxygen atoms in total. The van der Waals surface area contributed by atoms with Gasteiger partial charge in [-0.15, -0.1) is 0 Å². The Morgan fingerprint density at radius 2 is 2.03 bits per heavy atom. The monoisotopic (exact) mass is 466 g/mol. The van der Waals surface area contributed by atoms with E-state index in [-0.39, 0.29) is 12.4 Å². The Labute approximate surface area is 173 Å². The van der Waals surface area contributed by atoms with Crippen LogP contribution in [0, 0.1) is 0 Å². The predicted molar refractivity (Wildman–Crippen MR) is 109 cm³/mol. The van der Waals surface area contributed by atoms with Crippen LogP contribution in [0.1, 0.15) is 24.6 Å². The lowest BCUT2D eigenvalue weighted by atomic mass is 10.0. The molecule has 0 N–H and O–H groups in total. The molecule has 0 saturated carbocycles. The largest absolute Gasteiger partial charge is 0.493 e. The standard InChI is InChI=1S/C20H18BrF3N4O/c1-2-29-17-5-4-12(8-13(17)20(22,23)24)14-9-16-19(18(27-14)15-10-25-15)26-11-28(16)7-3-6-21/h4-5,8-9,11H,2-3,6-7,10H2,1H3. The number of fused-ring (bicyclic) bond motifs is 1. The maximum absolute atomic E-state index is 13.6. The van der Waals surface area contributed by atoms with Gasteiger partial charge in [-0.05, 0) is 37.6 Å². The molecule has 152 valence electrons. The molecule has 0 fully saturated rings. The van der Waals surface area contributed by atoms with Gasteiger partial charge in [0.1, 0.15) is 17.0 Å². The van der Waals surface area contributed by atoms with E-state index in [1.54, 1.807) is 25.4 Å². The van der Waals surface area contributed by atoms with Crippen LogP contribution in [0.25, 0.3) is 22.3 Å². The molecule has 0 amide bonds. The minimum absolute atomic E-state index is 0.156. The van der Waals surface area contributed by atoms with Crippen LogP contribution in [0.2, 0.25) is 0 Å². The molecular weight excluding hydrogens is 449 g/mol. The van der Waals surface area contributed by atoms with Crippen molar-refractivity contribution in [3.05, 3.63) is 41.9 Å². The van der Waals surface area contributed by atoms with Gasteiger partial charge in [-0.3, -0.25) is 4.99 Å². The third kappa shape index (κ3) is 4.01. The average Bonchev–Trinajstić information content (AvgIpc) is 3.46. The van der Waals surface area contributed by atoms with Crippen LogP contribution in [0.3, 0.4) is 0 Å². The van der Waals surface area contributed by atoms with E-state index in [1.807, 2.05) is 4.57 Å². The molecule has 0 saturated heterocycles. The second kappa shape index (κ2) is 7.78. The van der Waals surface area contributed by atoms with Gasteiger partial charge < -0.3 is 9.30 Å². The topological polar surface area (TPSA) is 52.3 Å². The van der Waals surface area contributed by atoms with Crippen molar-refractivity contribution in [2.45, 2.75) is 26.1 Å². The Hall–Kier alpha value is -2.42. The van der Waals surface area contributed by atoms with Crippen LogP contribution < -0.4 is 4.74 Å². The molecule has 0 radical (unpaired) electrons. The third-order valence-corrected chi connectivity index (χ3v) is 5.17. The van der Waals surface area contributed by atoms with E-state index < -0.39 is 11.7 Å². The summed E-state index contributed by atoms with van der Waals surface area (Å²) in [5.41, 5.74) is 3.04. The van der Waals surface area contributed by atoms with Crippen LogP contribution in [0.15, 0.2) is 35.6 Å². The van der Waals surface area contributed by atoms with Crippen LogP contribution >= 0.6 is 15.9 Å². The Balaban J connectivity index is 1.86. The normalized spacial score (nSPS) is 13.6. The number of ether oxygens (including phenoxy) is 1. The van der Waals surface area contributed by atoms with Gasteiger partial charge in [-0.25, -0.2) is 9.97 Å². The number of aromatic nitrogens is 3. The van der Waals surface area contributed by atoms with Crippen molar-refractivity contribution in [2.24, 2.45) is 4.99 Å². The number of hydrogen-bond donors (Lipinski definition) is 0. The Kier molecular flexibility index (Phi) is 5.33.